The lowest BCUT2D eigenvalue weighted by Crippen LogP contribution is -2.53. The third-order valence-corrected chi connectivity index (χ3v) is 13.5. The van der Waals surface area contributed by atoms with Gasteiger partial charge in [0.2, 0.25) is 17.6 Å². The van der Waals surface area contributed by atoms with Crippen LogP contribution in [0, 0.1) is 11.8 Å². The lowest BCUT2D eigenvalue weighted by atomic mass is 9.71. The van der Waals surface area contributed by atoms with Crippen molar-refractivity contribution < 1.29 is 68.5 Å². The van der Waals surface area contributed by atoms with Gasteiger partial charge >= 0.3 is 6.09 Å². The van der Waals surface area contributed by atoms with E-state index in [-0.39, 0.29) is 47.3 Å². The second-order valence-corrected chi connectivity index (χ2v) is 18.3. The summed E-state index contributed by atoms with van der Waals surface area (Å²) in [6.07, 6.45) is -4.74. The molecule has 0 saturated carbocycles. The van der Waals surface area contributed by atoms with E-state index in [1.807, 2.05) is 48.5 Å². The number of aromatic hydroxyl groups is 2. The number of benzene rings is 4. The molecule has 1 heterocycles. The Morgan fingerprint density at radius 3 is 2.31 bits per heavy atom. The molecular formula is C53H57N5O14. The van der Waals surface area contributed by atoms with E-state index >= 15 is 0 Å². The number of phenols is 2. The molecule has 4 aromatic rings. The normalized spacial score (nSPS) is 23.0. The molecule has 1 saturated heterocycles. The molecule has 1 unspecified atom stereocenters. The number of phenolic OH excluding ortho intramolecular Hbond substituents is 2. The predicted octanol–water partition coefficient (Wildman–Crippen LogP) is 3.39. The molecule has 7 atom stereocenters. The number of methoxy groups -OCH3 is 1. The van der Waals surface area contributed by atoms with Gasteiger partial charge in [-0.1, -0.05) is 60.4 Å². The number of nitrogens with one attached hydrogen (secondary N) is 3. The molecule has 0 bridgehead atoms. The number of alkyl carbamates (subject to hydrolysis) is 1. The molecule has 378 valence electrons. The number of hydrazone groups is 1. The number of carbonyl (C=O) groups excluding carboxylic acids is 5. The number of hydrogen-bond donors (Lipinski definition) is 9. The SMILES string of the molecule is COc1cccc2c1C(=O)c1c(O)c3c(c(O)c1C2=O)C[C@@](O)(C(CO)=NNC(=O)CCC(=O)NCCCCCNC(=O)OC1Cc2ccccc2C#Cc2ccccc21)C[C@@H]3O[C@H]1C[C@H](N)[C@H](O)[C@H](C)O1. The summed E-state index contributed by atoms with van der Waals surface area (Å²) >= 11 is 0. The molecule has 72 heavy (non-hydrogen) atoms. The average Bonchev–Trinajstić information content (AvgIpc) is 3.36. The number of fused-ring (bicyclic) bond motifs is 5. The van der Waals surface area contributed by atoms with E-state index in [4.69, 9.17) is 24.7 Å². The summed E-state index contributed by atoms with van der Waals surface area (Å²) in [7, 11) is 1.31. The average molecular weight is 988 g/mol. The van der Waals surface area contributed by atoms with Crippen molar-refractivity contribution in [3.63, 3.8) is 0 Å². The zero-order valence-corrected chi connectivity index (χ0v) is 39.7. The second kappa shape index (κ2) is 22.1. The molecule has 1 fully saturated rings. The van der Waals surface area contributed by atoms with Crippen molar-refractivity contribution in [1.82, 2.24) is 16.1 Å². The quantitative estimate of drug-likeness (QED) is 0.0225. The van der Waals surface area contributed by atoms with Gasteiger partial charge in [-0.15, -0.1) is 0 Å². The summed E-state index contributed by atoms with van der Waals surface area (Å²) in [5, 5.41) is 66.6. The number of nitrogens with zero attached hydrogens (tertiary/aromatic N) is 1. The Labute approximate surface area is 414 Å². The zero-order valence-electron chi connectivity index (χ0n) is 39.7. The van der Waals surface area contributed by atoms with Crippen LogP contribution in [0.15, 0.2) is 71.8 Å². The highest BCUT2D eigenvalue weighted by Gasteiger charge is 2.50. The molecule has 19 nitrogen and oxygen atoms in total. The molecular weight excluding hydrogens is 931 g/mol. The van der Waals surface area contributed by atoms with Crippen molar-refractivity contribution in [3.8, 4) is 29.1 Å². The first kappa shape index (κ1) is 51.2. The topological polar surface area (TPSA) is 298 Å². The smallest absolute Gasteiger partial charge is 0.407 e. The van der Waals surface area contributed by atoms with E-state index in [1.165, 1.54) is 25.3 Å². The molecule has 8 rings (SSSR count). The first-order valence-corrected chi connectivity index (χ1v) is 23.8. The minimum atomic E-state index is -2.22. The van der Waals surface area contributed by atoms with Gasteiger partial charge in [0.1, 0.15) is 29.0 Å². The van der Waals surface area contributed by atoms with Crippen LogP contribution in [-0.4, -0.2) is 118 Å². The maximum absolute atomic E-state index is 14.1. The number of aliphatic hydroxyl groups is 3. The number of carbonyl (C=O) groups is 5. The van der Waals surface area contributed by atoms with E-state index in [9.17, 15) is 49.5 Å². The van der Waals surface area contributed by atoms with E-state index in [1.54, 1.807) is 6.92 Å². The van der Waals surface area contributed by atoms with Gasteiger partial charge in [-0.3, -0.25) is 19.2 Å². The fourth-order valence-electron chi connectivity index (χ4n) is 9.68. The number of ketones is 2. The van der Waals surface area contributed by atoms with Crippen molar-refractivity contribution in [2.24, 2.45) is 10.8 Å². The number of ether oxygens (including phenoxy) is 4. The number of amides is 3. The monoisotopic (exact) mass is 987 g/mol. The molecule has 4 aliphatic rings. The van der Waals surface area contributed by atoms with Crippen LogP contribution in [0.3, 0.4) is 0 Å². The minimum absolute atomic E-state index is 0.0416. The standard InChI is InChI=1S/C53H57N5O14/c1-28-47(62)35(54)24-42(70-28)71-38-26-53(68,25-34-44(38)51(66)46-45(49(34)64)48(63)33-15-10-16-36(69-2)43(33)50(46)65)39(27-59)57-58-41(61)20-19-40(60)55-21-8-3-9-22-56-52(67)72-37-23-31-13-5-4-11-29(31)17-18-30-12-6-7-14-32(30)37/h4-7,10-16,28,35,37-38,42,47,59,62,64,66,68H,3,8-9,19-27,54H2,1-2H3,(H,55,60)(H,56,67)(H,58,61)/t28-,35-,37?,38-,42-,47+,53-/m0/s1. The fourth-order valence-corrected chi connectivity index (χ4v) is 9.68. The number of rotatable bonds is 16. The minimum Gasteiger partial charge on any atom is -0.507 e. The van der Waals surface area contributed by atoms with Crippen molar-refractivity contribution in [2.45, 2.75) is 107 Å². The van der Waals surface area contributed by atoms with Gasteiger partial charge in [-0.25, -0.2) is 10.2 Å². The van der Waals surface area contributed by atoms with Crippen molar-refractivity contribution in [2.75, 3.05) is 26.8 Å². The van der Waals surface area contributed by atoms with E-state index in [0.29, 0.717) is 38.8 Å². The molecule has 0 spiro atoms. The van der Waals surface area contributed by atoms with Crippen LogP contribution in [0.1, 0.15) is 129 Å². The van der Waals surface area contributed by atoms with Gasteiger partial charge in [0.05, 0.1) is 54.4 Å². The van der Waals surface area contributed by atoms with E-state index in [0.717, 1.165) is 22.3 Å². The highest BCUT2D eigenvalue weighted by atomic mass is 16.7. The Morgan fingerprint density at radius 1 is 0.861 bits per heavy atom. The Kier molecular flexibility index (Phi) is 15.7. The van der Waals surface area contributed by atoms with Crippen LogP contribution >= 0.6 is 0 Å². The van der Waals surface area contributed by atoms with Gasteiger partial charge in [0.25, 0.3) is 0 Å². The second-order valence-electron chi connectivity index (χ2n) is 18.3. The van der Waals surface area contributed by atoms with Crippen molar-refractivity contribution in [1.29, 1.82) is 0 Å². The largest absolute Gasteiger partial charge is 0.507 e. The summed E-state index contributed by atoms with van der Waals surface area (Å²) < 4.78 is 23.4. The highest BCUT2D eigenvalue weighted by Crippen LogP contribution is 2.52. The number of aliphatic hydroxyl groups excluding tert-OH is 2. The molecule has 0 aromatic heterocycles. The molecule has 0 radical (unpaired) electrons. The molecule has 10 N–H and O–H groups in total. The van der Waals surface area contributed by atoms with Crippen LogP contribution in [-0.2, 0) is 36.6 Å². The fraction of sp³-hybridized carbons (Fsp3) is 0.396. The first-order valence-electron chi connectivity index (χ1n) is 23.8. The number of nitrogens with two attached hydrogens (primary N) is 1. The van der Waals surface area contributed by atoms with Crippen LogP contribution in [0.2, 0.25) is 0 Å². The van der Waals surface area contributed by atoms with Crippen molar-refractivity contribution >= 4 is 35.2 Å². The summed E-state index contributed by atoms with van der Waals surface area (Å²) in [4.78, 5) is 66.6. The van der Waals surface area contributed by atoms with Crippen molar-refractivity contribution in [3.05, 3.63) is 122 Å². The van der Waals surface area contributed by atoms with Gasteiger partial charge < -0.3 is 60.8 Å². The van der Waals surface area contributed by atoms with Crippen LogP contribution in [0.25, 0.3) is 0 Å². The predicted molar refractivity (Wildman–Crippen MR) is 258 cm³/mol. The molecule has 4 aromatic carbocycles. The summed E-state index contributed by atoms with van der Waals surface area (Å²) in [6.45, 7) is 1.32. The number of unbranched alkanes of at least 4 members (excludes halogenated alkanes) is 2. The number of hydrogen-bond acceptors (Lipinski definition) is 16. The summed E-state index contributed by atoms with van der Waals surface area (Å²) in [5.41, 5.74) is 7.73. The van der Waals surface area contributed by atoms with Crippen LogP contribution < -0.4 is 26.5 Å². The van der Waals surface area contributed by atoms with Crippen LogP contribution in [0.5, 0.6) is 17.2 Å². The maximum atomic E-state index is 14.1. The third kappa shape index (κ3) is 10.7. The molecule has 19 heteroatoms. The Bertz CT molecular complexity index is 2860. The third-order valence-electron chi connectivity index (χ3n) is 13.5. The first-order chi connectivity index (χ1) is 34.6. The molecule has 3 amide bonds. The highest BCUT2D eigenvalue weighted by molar-refractivity contribution is 6.31. The Balaban J connectivity index is 0.854. The molecule has 1 aliphatic heterocycles. The van der Waals surface area contributed by atoms with E-state index in [2.05, 4.69) is 33.0 Å². The Hall–Kier alpha value is -7.18. The lowest BCUT2D eigenvalue weighted by Gasteiger charge is -2.43. The zero-order chi connectivity index (χ0) is 51.3. The Morgan fingerprint density at radius 2 is 1.56 bits per heavy atom. The maximum Gasteiger partial charge on any atom is 0.407 e. The molecule has 3 aliphatic carbocycles. The van der Waals surface area contributed by atoms with Gasteiger partial charge in [0, 0.05) is 91.0 Å². The van der Waals surface area contributed by atoms with Crippen LogP contribution in [0.4, 0.5) is 4.79 Å². The van der Waals surface area contributed by atoms with Gasteiger partial charge in [-0.05, 0) is 49.9 Å². The lowest BCUT2D eigenvalue weighted by molar-refractivity contribution is -0.245. The van der Waals surface area contributed by atoms with Gasteiger partial charge in [-0.2, -0.15) is 5.10 Å². The van der Waals surface area contributed by atoms with Gasteiger partial charge in [0.15, 0.2) is 12.1 Å². The summed E-state index contributed by atoms with van der Waals surface area (Å²) in [6, 6.07) is 18.9. The van der Waals surface area contributed by atoms with E-state index < -0.39 is 120 Å². The summed E-state index contributed by atoms with van der Waals surface area (Å²) in [5.74, 6) is 2.28.